The van der Waals surface area contributed by atoms with Gasteiger partial charge in [-0.2, -0.15) is 13.2 Å². The molecule has 192 valence electrons. The van der Waals surface area contributed by atoms with Crippen LogP contribution in [0.25, 0.3) is 5.70 Å². The second kappa shape index (κ2) is 15.2. The molecule has 0 spiro atoms. The van der Waals surface area contributed by atoms with Gasteiger partial charge in [-0.05, 0) is 36.8 Å². The molecule has 6 nitrogen and oxygen atoms in total. The highest BCUT2D eigenvalue weighted by atomic mass is 32.2. The topological polar surface area (TPSA) is 73.7 Å². The van der Waals surface area contributed by atoms with Crippen LogP contribution in [-0.2, 0) is 11.0 Å². The molecule has 1 amide bonds. The number of hydrogen-bond donors (Lipinski definition) is 3. The number of alkyl halides is 3. The number of aliphatic hydroxyl groups excluding tert-OH is 1. The van der Waals surface area contributed by atoms with Crippen molar-refractivity contribution < 1.29 is 27.6 Å². The van der Waals surface area contributed by atoms with Crippen molar-refractivity contribution in [3.05, 3.63) is 70.6 Å². The van der Waals surface area contributed by atoms with E-state index >= 15 is 0 Å². The maximum Gasteiger partial charge on any atom is 0.416 e. The number of nitrogens with zero attached hydrogens (tertiary/aromatic N) is 2. The van der Waals surface area contributed by atoms with Gasteiger partial charge in [0.1, 0.15) is 6.54 Å². The number of hydrogen-bond acceptors (Lipinski definition) is 4. The van der Waals surface area contributed by atoms with Crippen molar-refractivity contribution in [2.45, 2.75) is 18.0 Å². The Labute approximate surface area is 209 Å². The van der Waals surface area contributed by atoms with Gasteiger partial charge in [-0.25, -0.2) is 0 Å². The highest BCUT2D eigenvalue weighted by Crippen LogP contribution is 2.32. The molecule has 0 unspecified atom stereocenters. The molecule has 0 atom stereocenters. The molecule has 10 heteroatoms. The van der Waals surface area contributed by atoms with E-state index in [0.29, 0.717) is 17.9 Å². The number of nitrogens with one attached hydrogen (secondary N) is 2. The average Bonchev–Trinajstić information content (AvgIpc) is 2.79. The first-order valence-corrected chi connectivity index (χ1v) is 11.8. The fourth-order valence-corrected chi connectivity index (χ4v) is 3.62. The lowest BCUT2D eigenvalue weighted by Crippen LogP contribution is -2.46. The van der Waals surface area contributed by atoms with Crippen LogP contribution in [0.4, 0.5) is 13.2 Å². The van der Waals surface area contributed by atoms with E-state index in [1.165, 1.54) is 17.8 Å². The van der Waals surface area contributed by atoms with Gasteiger partial charge in [0.2, 0.25) is 6.41 Å². The summed E-state index contributed by atoms with van der Waals surface area (Å²) in [4.78, 5) is 14.3. The summed E-state index contributed by atoms with van der Waals surface area (Å²) in [6.45, 7) is 4.40. The van der Waals surface area contributed by atoms with Crippen LogP contribution in [0.5, 0.6) is 0 Å². The van der Waals surface area contributed by atoms with Gasteiger partial charge in [0.25, 0.3) is 0 Å². The summed E-state index contributed by atoms with van der Waals surface area (Å²) in [5, 5.41) is 16.1. The van der Waals surface area contributed by atoms with Crippen LogP contribution in [0, 0.1) is 6.92 Å². The predicted molar refractivity (Wildman–Crippen MR) is 137 cm³/mol. The van der Waals surface area contributed by atoms with Crippen LogP contribution in [-0.4, -0.2) is 69.7 Å². The van der Waals surface area contributed by atoms with E-state index in [-0.39, 0.29) is 6.61 Å². The standard InChI is InChI=1S/C18H17F3N2S.C7H16N2O2/c1-13-5-3-6-14(9-13)17(23-12-22-2)11-24-16-8-4-7-15(10-16)18(19,20)21;1-9(2,5-6-10)4-3-8-7-11/h3-12H,1-2H3,(H,22,23);7,10H,3-6H2,1-2H3/p+1/b17-11-;. The fourth-order valence-electron chi connectivity index (χ4n) is 2.81. The van der Waals surface area contributed by atoms with Crippen LogP contribution in [0.2, 0.25) is 0 Å². The first-order chi connectivity index (χ1) is 16.5. The van der Waals surface area contributed by atoms with Crippen molar-refractivity contribution in [3.8, 4) is 0 Å². The molecule has 2 rings (SSSR count). The lowest BCUT2D eigenvalue weighted by molar-refractivity contribution is -0.889. The Balaban J connectivity index is 0.000000471. The Morgan fingerprint density at radius 2 is 1.86 bits per heavy atom. The summed E-state index contributed by atoms with van der Waals surface area (Å²) < 4.78 is 39.1. The van der Waals surface area contributed by atoms with Crippen LogP contribution in [0.15, 0.2) is 63.8 Å². The van der Waals surface area contributed by atoms with Crippen LogP contribution in [0.3, 0.4) is 0 Å². The first kappa shape index (κ1) is 30.2. The fraction of sp³-hybridized carbons (Fsp3) is 0.360. The highest BCUT2D eigenvalue weighted by Gasteiger charge is 2.30. The average molecular weight is 512 g/mol. The van der Waals surface area contributed by atoms with Crippen molar-refractivity contribution in [1.82, 2.24) is 10.6 Å². The van der Waals surface area contributed by atoms with E-state index in [2.05, 4.69) is 15.6 Å². The first-order valence-electron chi connectivity index (χ1n) is 10.9. The largest absolute Gasteiger partial charge is 0.416 e. The minimum Gasteiger partial charge on any atom is -0.391 e. The summed E-state index contributed by atoms with van der Waals surface area (Å²) in [6, 6.07) is 13.1. The maximum absolute atomic E-state index is 12.8. The van der Waals surface area contributed by atoms with Crippen molar-refractivity contribution in [3.63, 3.8) is 0 Å². The molecule has 0 saturated heterocycles. The molecular weight excluding hydrogens is 477 g/mol. The van der Waals surface area contributed by atoms with E-state index in [1.807, 2.05) is 45.3 Å². The number of aliphatic hydroxyl groups is 1. The molecule has 0 heterocycles. The molecule has 0 aliphatic rings. The molecule has 0 aromatic heterocycles. The molecule has 3 N–H and O–H groups in total. The minimum atomic E-state index is -4.34. The van der Waals surface area contributed by atoms with Gasteiger partial charge < -0.3 is 20.2 Å². The number of rotatable bonds is 11. The van der Waals surface area contributed by atoms with E-state index in [9.17, 15) is 18.0 Å². The van der Waals surface area contributed by atoms with Gasteiger partial charge in [-0.3, -0.25) is 9.79 Å². The number of halogens is 3. The molecule has 0 radical (unpaired) electrons. The Hall–Kier alpha value is -2.82. The summed E-state index contributed by atoms with van der Waals surface area (Å²) in [5.74, 6) is 0. The van der Waals surface area contributed by atoms with Gasteiger partial charge in [-0.15, -0.1) is 0 Å². The number of carbonyl (C=O) groups is 1. The van der Waals surface area contributed by atoms with Gasteiger partial charge >= 0.3 is 6.18 Å². The molecule has 2 aromatic carbocycles. The molecule has 0 saturated carbocycles. The number of likely N-dealkylation sites (N-methyl/N-ethyl adjacent to an activating group) is 1. The molecule has 0 bridgehead atoms. The van der Waals surface area contributed by atoms with Crippen molar-refractivity contribution in [1.29, 1.82) is 0 Å². The SMILES string of the molecule is CN=CN/C(=C\Sc1cccc(C(F)(F)F)c1)c1cccc(C)c1.C[N+](C)(CCO)CCNC=O. The van der Waals surface area contributed by atoms with E-state index in [0.717, 1.165) is 46.5 Å². The molecule has 0 aliphatic heterocycles. The normalized spacial score (nSPS) is 12.2. The number of aryl methyl sites for hydroxylation is 1. The Morgan fingerprint density at radius 1 is 1.14 bits per heavy atom. The van der Waals surface area contributed by atoms with E-state index in [1.54, 1.807) is 24.9 Å². The van der Waals surface area contributed by atoms with Crippen molar-refractivity contribution >= 4 is 30.2 Å². The molecule has 0 fully saturated rings. The van der Waals surface area contributed by atoms with Gasteiger partial charge in [0.15, 0.2) is 0 Å². The third-order valence-corrected chi connectivity index (χ3v) is 5.68. The van der Waals surface area contributed by atoms with Crippen LogP contribution < -0.4 is 10.6 Å². The van der Waals surface area contributed by atoms with Crippen LogP contribution >= 0.6 is 11.8 Å². The third-order valence-electron chi connectivity index (χ3n) is 4.80. The van der Waals surface area contributed by atoms with Crippen LogP contribution in [0.1, 0.15) is 16.7 Å². The third kappa shape index (κ3) is 12.4. The molecule has 35 heavy (non-hydrogen) atoms. The summed E-state index contributed by atoms with van der Waals surface area (Å²) in [5.41, 5.74) is 2.15. The maximum atomic E-state index is 12.8. The summed E-state index contributed by atoms with van der Waals surface area (Å²) in [7, 11) is 5.67. The number of carbonyl (C=O) groups excluding carboxylic acids is 1. The Morgan fingerprint density at radius 3 is 2.46 bits per heavy atom. The summed E-state index contributed by atoms with van der Waals surface area (Å²) in [6.07, 6.45) is -2.10. The number of aliphatic imine (C=N–C) groups is 1. The monoisotopic (exact) mass is 511 g/mol. The van der Waals surface area contributed by atoms with E-state index in [4.69, 9.17) is 5.11 Å². The van der Waals surface area contributed by atoms with Crippen molar-refractivity contribution in [2.75, 3.05) is 47.4 Å². The highest BCUT2D eigenvalue weighted by molar-refractivity contribution is 8.02. The lowest BCUT2D eigenvalue weighted by Gasteiger charge is -2.28. The Kier molecular flexibility index (Phi) is 13.1. The predicted octanol–water partition coefficient (Wildman–Crippen LogP) is 4.15. The summed E-state index contributed by atoms with van der Waals surface area (Å²) >= 11 is 1.22. The number of benzene rings is 2. The van der Waals surface area contributed by atoms with Gasteiger partial charge in [0.05, 0.1) is 51.4 Å². The number of thioether (sulfide) groups is 1. The molecular formula is C25H34F3N4O2S+. The lowest BCUT2D eigenvalue weighted by atomic mass is 10.1. The van der Waals surface area contributed by atoms with Gasteiger partial charge in [-0.1, -0.05) is 41.6 Å². The molecule has 0 aliphatic carbocycles. The second-order valence-electron chi connectivity index (χ2n) is 8.25. The number of quaternary nitrogens is 1. The quantitative estimate of drug-likeness (QED) is 0.106. The zero-order valence-corrected chi connectivity index (χ0v) is 21.3. The zero-order chi connectivity index (χ0) is 26.3. The van der Waals surface area contributed by atoms with Gasteiger partial charge in [0, 0.05) is 17.4 Å². The second-order valence-corrected chi connectivity index (χ2v) is 9.20. The minimum absolute atomic E-state index is 0.189. The van der Waals surface area contributed by atoms with E-state index < -0.39 is 11.7 Å². The van der Waals surface area contributed by atoms with Crippen molar-refractivity contribution in [2.24, 2.45) is 4.99 Å². The zero-order valence-electron chi connectivity index (χ0n) is 20.5. The smallest absolute Gasteiger partial charge is 0.391 e. The molecule has 2 aromatic rings. The number of amides is 1. The Bertz CT molecular complexity index is 979.